The number of anilines is 1. The van der Waals surface area contributed by atoms with Crippen LogP contribution in [0.3, 0.4) is 0 Å². The molecule has 1 amide bonds. The highest BCUT2D eigenvalue weighted by Gasteiger charge is 2.22. The van der Waals surface area contributed by atoms with Gasteiger partial charge in [-0.3, -0.25) is 14.9 Å². The molecule has 6 heteroatoms. The van der Waals surface area contributed by atoms with Gasteiger partial charge in [0, 0.05) is 50.4 Å². The molecule has 1 saturated carbocycles. The summed E-state index contributed by atoms with van der Waals surface area (Å²) in [4.78, 5) is 27.0. The van der Waals surface area contributed by atoms with Crippen LogP contribution in [-0.2, 0) is 4.79 Å². The Balaban J connectivity index is 1.39. The number of hydrogen-bond acceptors (Lipinski definition) is 4. The van der Waals surface area contributed by atoms with Crippen LogP contribution in [0.5, 0.6) is 0 Å². The standard InChI is InChI=1S/C20H29N3O3/c24-20(8-4-7-17-5-2-1-3-6-17)22-15-13-21(14-16-22)18-9-11-19(12-10-18)23(25)26/h9-12,17H,1-8,13-16H2. The summed E-state index contributed by atoms with van der Waals surface area (Å²) in [6, 6.07) is 6.66. The maximum Gasteiger partial charge on any atom is 0.269 e. The molecule has 0 radical (unpaired) electrons. The summed E-state index contributed by atoms with van der Waals surface area (Å²) in [5.74, 6) is 1.12. The van der Waals surface area contributed by atoms with Gasteiger partial charge in [0.25, 0.3) is 5.69 Å². The predicted molar refractivity (Wildman–Crippen MR) is 102 cm³/mol. The third-order valence-corrected chi connectivity index (χ3v) is 5.79. The van der Waals surface area contributed by atoms with Crippen LogP contribution >= 0.6 is 0 Å². The van der Waals surface area contributed by atoms with Crippen molar-refractivity contribution < 1.29 is 9.72 Å². The van der Waals surface area contributed by atoms with E-state index in [-0.39, 0.29) is 16.5 Å². The van der Waals surface area contributed by atoms with E-state index in [1.165, 1.54) is 50.7 Å². The summed E-state index contributed by atoms with van der Waals surface area (Å²) in [5.41, 5.74) is 1.10. The smallest absolute Gasteiger partial charge is 0.269 e. The molecule has 0 spiro atoms. The van der Waals surface area contributed by atoms with E-state index in [0.29, 0.717) is 6.42 Å². The van der Waals surface area contributed by atoms with E-state index in [2.05, 4.69) is 4.90 Å². The third kappa shape index (κ3) is 4.96. The average Bonchev–Trinajstić information content (AvgIpc) is 2.69. The lowest BCUT2D eigenvalue weighted by atomic mass is 9.86. The maximum absolute atomic E-state index is 12.4. The number of carbonyl (C=O) groups excluding carboxylic acids is 1. The van der Waals surface area contributed by atoms with E-state index >= 15 is 0 Å². The van der Waals surface area contributed by atoms with E-state index in [9.17, 15) is 14.9 Å². The molecule has 1 aliphatic heterocycles. The third-order valence-electron chi connectivity index (χ3n) is 5.79. The summed E-state index contributed by atoms with van der Waals surface area (Å²) in [5, 5.41) is 10.7. The zero-order valence-corrected chi connectivity index (χ0v) is 15.4. The zero-order valence-electron chi connectivity index (χ0n) is 15.4. The first-order valence-electron chi connectivity index (χ1n) is 9.90. The van der Waals surface area contributed by atoms with Crippen molar-refractivity contribution in [2.45, 2.75) is 51.4 Å². The number of non-ortho nitro benzene ring substituents is 1. The van der Waals surface area contributed by atoms with Crippen molar-refractivity contribution in [1.29, 1.82) is 0 Å². The molecule has 26 heavy (non-hydrogen) atoms. The van der Waals surface area contributed by atoms with Gasteiger partial charge in [-0.15, -0.1) is 0 Å². The summed E-state index contributed by atoms with van der Waals surface area (Å²) in [6.45, 7) is 3.04. The summed E-state index contributed by atoms with van der Waals surface area (Å²) in [6.07, 6.45) is 9.71. The van der Waals surface area contributed by atoms with Crippen molar-refractivity contribution in [3.05, 3.63) is 34.4 Å². The van der Waals surface area contributed by atoms with Crippen LogP contribution in [-0.4, -0.2) is 41.9 Å². The minimum Gasteiger partial charge on any atom is -0.368 e. The highest BCUT2D eigenvalue weighted by molar-refractivity contribution is 5.76. The van der Waals surface area contributed by atoms with E-state index in [4.69, 9.17) is 0 Å². The number of piperazine rings is 1. The van der Waals surface area contributed by atoms with E-state index in [0.717, 1.165) is 44.2 Å². The summed E-state index contributed by atoms with van der Waals surface area (Å²) < 4.78 is 0. The molecular formula is C20H29N3O3. The molecule has 0 bridgehead atoms. The van der Waals surface area contributed by atoms with Crippen molar-refractivity contribution in [2.24, 2.45) is 5.92 Å². The second kappa shape index (κ2) is 9.01. The number of hydrogen-bond donors (Lipinski definition) is 0. The Labute approximate surface area is 155 Å². The van der Waals surface area contributed by atoms with Gasteiger partial charge in [-0.05, 0) is 30.9 Å². The van der Waals surface area contributed by atoms with E-state index in [1.54, 1.807) is 12.1 Å². The minimum atomic E-state index is -0.381. The fourth-order valence-electron chi connectivity index (χ4n) is 4.18. The molecule has 0 N–H and O–H groups in total. The number of rotatable bonds is 6. The normalized spacial score (nSPS) is 18.8. The monoisotopic (exact) mass is 359 g/mol. The first kappa shape index (κ1) is 18.7. The predicted octanol–water partition coefficient (Wildman–Crippen LogP) is 3.99. The molecule has 0 unspecified atom stereocenters. The molecule has 142 valence electrons. The molecule has 1 saturated heterocycles. The van der Waals surface area contributed by atoms with Gasteiger partial charge >= 0.3 is 0 Å². The fraction of sp³-hybridized carbons (Fsp3) is 0.650. The minimum absolute atomic E-state index is 0.112. The molecule has 0 aromatic heterocycles. The second-order valence-corrected chi connectivity index (χ2v) is 7.54. The maximum atomic E-state index is 12.4. The van der Waals surface area contributed by atoms with Crippen molar-refractivity contribution in [3.63, 3.8) is 0 Å². The van der Waals surface area contributed by atoms with Gasteiger partial charge in [-0.25, -0.2) is 0 Å². The van der Waals surface area contributed by atoms with E-state index in [1.807, 2.05) is 4.90 Å². The van der Waals surface area contributed by atoms with Gasteiger partial charge < -0.3 is 9.80 Å². The Morgan fingerprint density at radius 2 is 1.69 bits per heavy atom. The first-order valence-corrected chi connectivity index (χ1v) is 9.90. The van der Waals surface area contributed by atoms with Crippen LogP contribution in [0.25, 0.3) is 0 Å². The van der Waals surface area contributed by atoms with Crippen molar-refractivity contribution in [2.75, 3.05) is 31.1 Å². The van der Waals surface area contributed by atoms with Crippen LogP contribution in [0.4, 0.5) is 11.4 Å². The van der Waals surface area contributed by atoms with Gasteiger partial charge in [0.2, 0.25) is 5.91 Å². The largest absolute Gasteiger partial charge is 0.368 e. The number of benzene rings is 1. The molecule has 2 fully saturated rings. The first-order chi connectivity index (χ1) is 12.6. The van der Waals surface area contributed by atoms with E-state index < -0.39 is 0 Å². The lowest BCUT2D eigenvalue weighted by Crippen LogP contribution is -2.48. The molecule has 1 aromatic carbocycles. The molecule has 1 heterocycles. The van der Waals surface area contributed by atoms with Crippen molar-refractivity contribution in [3.8, 4) is 0 Å². The number of nitro groups is 1. The van der Waals surface area contributed by atoms with Crippen molar-refractivity contribution >= 4 is 17.3 Å². The van der Waals surface area contributed by atoms with Gasteiger partial charge in [0.15, 0.2) is 0 Å². The lowest BCUT2D eigenvalue weighted by molar-refractivity contribution is -0.384. The molecular weight excluding hydrogens is 330 g/mol. The number of nitro benzene ring substituents is 1. The molecule has 2 aliphatic rings. The average molecular weight is 359 g/mol. The Kier molecular flexibility index (Phi) is 6.47. The Hall–Kier alpha value is -2.11. The number of carbonyl (C=O) groups is 1. The summed E-state index contributed by atoms with van der Waals surface area (Å²) >= 11 is 0. The highest BCUT2D eigenvalue weighted by Crippen LogP contribution is 2.28. The quantitative estimate of drug-likeness (QED) is 0.569. The lowest BCUT2D eigenvalue weighted by Gasteiger charge is -2.36. The van der Waals surface area contributed by atoms with Crippen LogP contribution in [0, 0.1) is 16.0 Å². The molecule has 0 atom stereocenters. The topological polar surface area (TPSA) is 66.7 Å². The number of nitrogens with zero attached hydrogens (tertiary/aromatic N) is 3. The second-order valence-electron chi connectivity index (χ2n) is 7.54. The molecule has 1 aliphatic carbocycles. The van der Waals surface area contributed by atoms with Crippen LogP contribution in [0.1, 0.15) is 51.4 Å². The van der Waals surface area contributed by atoms with Crippen LogP contribution in [0.15, 0.2) is 24.3 Å². The molecule has 3 rings (SSSR count). The van der Waals surface area contributed by atoms with Gasteiger partial charge in [0.05, 0.1) is 4.92 Å². The molecule has 1 aromatic rings. The van der Waals surface area contributed by atoms with Crippen LogP contribution < -0.4 is 4.90 Å². The Bertz CT molecular complexity index is 603. The molecule has 6 nitrogen and oxygen atoms in total. The SMILES string of the molecule is O=C(CCCC1CCCCC1)N1CCN(c2ccc([N+](=O)[O-])cc2)CC1. The van der Waals surface area contributed by atoms with Gasteiger partial charge in [0.1, 0.15) is 0 Å². The summed E-state index contributed by atoms with van der Waals surface area (Å²) in [7, 11) is 0. The fourth-order valence-corrected chi connectivity index (χ4v) is 4.18. The zero-order chi connectivity index (χ0) is 18.4. The Morgan fingerprint density at radius 3 is 2.31 bits per heavy atom. The van der Waals surface area contributed by atoms with Gasteiger partial charge in [-0.2, -0.15) is 0 Å². The van der Waals surface area contributed by atoms with Crippen molar-refractivity contribution in [1.82, 2.24) is 4.90 Å². The highest BCUT2D eigenvalue weighted by atomic mass is 16.6. The van der Waals surface area contributed by atoms with Gasteiger partial charge in [-0.1, -0.05) is 32.1 Å². The number of amides is 1. The van der Waals surface area contributed by atoms with Crippen LogP contribution in [0.2, 0.25) is 0 Å². The Morgan fingerprint density at radius 1 is 1.04 bits per heavy atom.